The molecule has 2 heterocycles. The van der Waals surface area contributed by atoms with Gasteiger partial charge in [-0.15, -0.1) is 0 Å². The van der Waals surface area contributed by atoms with Gasteiger partial charge >= 0.3 is 6.09 Å². The van der Waals surface area contributed by atoms with Gasteiger partial charge in [0.1, 0.15) is 6.10 Å². The predicted octanol–water partition coefficient (Wildman–Crippen LogP) is 7.76. The Morgan fingerprint density at radius 1 is 1.08 bits per heavy atom. The molecule has 0 fully saturated rings. The standard InChI is InChI=1S/C29H29ClF2N4O2/c1-15-20-13-21(18-7-6-8-19-22(30)14-33-25(18)19)23(31)24(32)26(20)35-29(2,3)27(15)38-28(37)34-16-9-11-17(12-10-16)36(4)5/h6-15,27,33,35H,1-5H3,(H,34,37)/t15-,27+/m1/s1. The molecule has 1 aromatic heterocycles. The third-order valence-corrected chi connectivity index (χ3v) is 7.47. The van der Waals surface area contributed by atoms with Crippen LogP contribution in [0.5, 0.6) is 0 Å². The quantitative estimate of drug-likeness (QED) is 0.248. The number of H-pyrrole nitrogens is 1. The molecule has 6 nitrogen and oxygen atoms in total. The molecular formula is C29H29ClF2N4O2. The van der Waals surface area contributed by atoms with E-state index in [2.05, 4.69) is 15.6 Å². The highest BCUT2D eigenvalue weighted by Gasteiger charge is 2.44. The minimum atomic E-state index is -0.976. The highest BCUT2D eigenvalue weighted by molar-refractivity contribution is 6.36. The molecule has 0 bridgehead atoms. The fraction of sp³-hybridized carbons (Fsp3) is 0.276. The van der Waals surface area contributed by atoms with Gasteiger partial charge in [-0.3, -0.25) is 5.32 Å². The van der Waals surface area contributed by atoms with Gasteiger partial charge in [0.25, 0.3) is 0 Å². The molecular weight excluding hydrogens is 510 g/mol. The summed E-state index contributed by atoms with van der Waals surface area (Å²) in [5.41, 5.74) is 2.49. The Bertz CT molecular complexity index is 1530. The molecule has 0 radical (unpaired) electrons. The SMILES string of the molecule is C[C@@H]1c2cc(-c3cccc4c(Cl)c[nH]c34)c(F)c(F)c2NC(C)(C)[C@H]1OC(=O)Nc1ccc(N(C)C)cc1. The van der Waals surface area contributed by atoms with E-state index in [9.17, 15) is 4.79 Å². The zero-order chi connectivity index (χ0) is 27.4. The van der Waals surface area contributed by atoms with Crippen LogP contribution >= 0.6 is 11.6 Å². The molecule has 38 heavy (non-hydrogen) atoms. The van der Waals surface area contributed by atoms with Gasteiger partial charge in [-0.1, -0.05) is 36.7 Å². The Labute approximate surface area is 224 Å². The lowest BCUT2D eigenvalue weighted by atomic mass is 9.78. The molecule has 5 rings (SSSR count). The number of carbonyl (C=O) groups is 1. The van der Waals surface area contributed by atoms with Crippen LogP contribution in [0.15, 0.2) is 54.7 Å². The third kappa shape index (κ3) is 4.43. The summed E-state index contributed by atoms with van der Waals surface area (Å²) in [6.45, 7) is 5.44. The van der Waals surface area contributed by atoms with Crippen molar-refractivity contribution in [2.75, 3.05) is 29.6 Å². The smallest absolute Gasteiger partial charge is 0.411 e. The van der Waals surface area contributed by atoms with Crippen LogP contribution in [-0.2, 0) is 4.74 Å². The Kier molecular flexibility index (Phi) is 6.47. The number of nitrogens with zero attached hydrogens (tertiary/aromatic N) is 1. The molecule has 0 unspecified atom stereocenters. The van der Waals surface area contributed by atoms with Gasteiger partial charge in [-0.2, -0.15) is 0 Å². The molecule has 0 spiro atoms. The van der Waals surface area contributed by atoms with Gasteiger partial charge in [-0.25, -0.2) is 13.6 Å². The largest absolute Gasteiger partial charge is 0.443 e. The number of nitrogens with one attached hydrogen (secondary N) is 3. The van der Waals surface area contributed by atoms with E-state index in [4.69, 9.17) is 16.3 Å². The average Bonchev–Trinajstić information content (AvgIpc) is 3.26. The van der Waals surface area contributed by atoms with Crippen LogP contribution in [0.3, 0.4) is 0 Å². The van der Waals surface area contributed by atoms with Gasteiger partial charge in [-0.05, 0) is 49.7 Å². The van der Waals surface area contributed by atoms with E-state index in [0.717, 1.165) is 5.69 Å². The van der Waals surface area contributed by atoms with Gasteiger partial charge in [0.05, 0.1) is 21.8 Å². The van der Waals surface area contributed by atoms with E-state index in [1.807, 2.05) is 44.1 Å². The van der Waals surface area contributed by atoms with Crippen LogP contribution in [0, 0.1) is 11.6 Å². The first-order chi connectivity index (χ1) is 18.0. The number of benzene rings is 3. The van der Waals surface area contributed by atoms with Crippen molar-refractivity contribution in [3.05, 3.63) is 76.9 Å². The van der Waals surface area contributed by atoms with Gasteiger partial charge in [0.2, 0.25) is 0 Å². The van der Waals surface area contributed by atoms with Crippen molar-refractivity contribution in [3.8, 4) is 11.1 Å². The van der Waals surface area contributed by atoms with Crippen LogP contribution in [0.4, 0.5) is 30.6 Å². The number of amides is 1. The number of hydrogen-bond donors (Lipinski definition) is 3. The summed E-state index contributed by atoms with van der Waals surface area (Å²) in [5.74, 6) is -2.38. The lowest BCUT2D eigenvalue weighted by Gasteiger charge is -2.44. The monoisotopic (exact) mass is 538 g/mol. The summed E-state index contributed by atoms with van der Waals surface area (Å²) in [7, 11) is 3.86. The fourth-order valence-corrected chi connectivity index (χ4v) is 5.42. The van der Waals surface area contributed by atoms with Crippen LogP contribution in [0.1, 0.15) is 32.3 Å². The normalized spacial score (nSPS) is 18.0. The van der Waals surface area contributed by atoms with Crippen molar-refractivity contribution in [2.45, 2.75) is 38.3 Å². The second kappa shape index (κ2) is 9.51. The molecule has 198 valence electrons. The number of para-hydroxylation sites is 1. The molecule has 2 atom stereocenters. The first kappa shape index (κ1) is 25.9. The summed E-state index contributed by atoms with van der Waals surface area (Å²) < 4.78 is 36.9. The van der Waals surface area contributed by atoms with Crippen molar-refractivity contribution >= 4 is 45.7 Å². The van der Waals surface area contributed by atoms with Gasteiger partial charge < -0.3 is 19.9 Å². The lowest BCUT2D eigenvalue weighted by Crippen LogP contribution is -2.52. The molecule has 3 N–H and O–H groups in total. The molecule has 4 aromatic rings. The van der Waals surface area contributed by atoms with Crippen molar-refractivity contribution < 1.29 is 18.3 Å². The maximum atomic E-state index is 15.5. The Morgan fingerprint density at radius 3 is 2.47 bits per heavy atom. The summed E-state index contributed by atoms with van der Waals surface area (Å²) in [5, 5.41) is 7.05. The summed E-state index contributed by atoms with van der Waals surface area (Å²) in [6, 6.07) is 14.3. The van der Waals surface area contributed by atoms with Crippen LogP contribution in [-0.4, -0.2) is 36.8 Å². The van der Waals surface area contributed by atoms with E-state index >= 15 is 8.78 Å². The zero-order valence-electron chi connectivity index (χ0n) is 21.7. The summed E-state index contributed by atoms with van der Waals surface area (Å²) in [6.07, 6.45) is 0.307. The Balaban J connectivity index is 1.48. The molecule has 0 saturated heterocycles. The van der Waals surface area contributed by atoms with Crippen LogP contribution in [0.2, 0.25) is 5.02 Å². The first-order valence-corrected chi connectivity index (χ1v) is 12.7. The number of ether oxygens (including phenoxy) is 1. The first-order valence-electron chi connectivity index (χ1n) is 12.3. The molecule has 1 amide bonds. The van der Waals surface area contributed by atoms with E-state index in [-0.39, 0.29) is 11.3 Å². The number of carbonyl (C=O) groups excluding carboxylic acids is 1. The topological polar surface area (TPSA) is 69.4 Å². The van der Waals surface area contributed by atoms with Crippen molar-refractivity contribution in [3.63, 3.8) is 0 Å². The summed E-state index contributed by atoms with van der Waals surface area (Å²) in [4.78, 5) is 17.9. The Morgan fingerprint density at radius 2 is 1.79 bits per heavy atom. The maximum Gasteiger partial charge on any atom is 0.411 e. The molecule has 1 aliphatic rings. The second-order valence-electron chi connectivity index (χ2n) is 10.4. The third-order valence-electron chi connectivity index (χ3n) is 7.16. The highest BCUT2D eigenvalue weighted by atomic mass is 35.5. The van der Waals surface area contributed by atoms with Crippen LogP contribution < -0.4 is 15.5 Å². The molecule has 3 aromatic carbocycles. The maximum absolute atomic E-state index is 15.5. The van der Waals surface area contributed by atoms with E-state index in [1.54, 1.807) is 50.4 Å². The number of hydrogen-bond acceptors (Lipinski definition) is 4. The van der Waals surface area contributed by atoms with E-state index in [1.165, 1.54) is 0 Å². The average molecular weight is 539 g/mol. The minimum absolute atomic E-state index is 0.0694. The molecule has 1 aliphatic heterocycles. The number of halogens is 3. The predicted molar refractivity (Wildman–Crippen MR) is 149 cm³/mol. The van der Waals surface area contributed by atoms with E-state index < -0.39 is 35.3 Å². The highest BCUT2D eigenvalue weighted by Crippen LogP contribution is 2.46. The number of aromatic nitrogens is 1. The molecule has 9 heteroatoms. The van der Waals surface area contributed by atoms with Crippen LogP contribution in [0.25, 0.3) is 22.0 Å². The minimum Gasteiger partial charge on any atom is -0.443 e. The lowest BCUT2D eigenvalue weighted by molar-refractivity contribution is 0.0567. The van der Waals surface area contributed by atoms with Crippen molar-refractivity contribution in [1.29, 1.82) is 0 Å². The number of fused-ring (bicyclic) bond motifs is 2. The number of rotatable bonds is 4. The molecule has 0 aliphatic carbocycles. The zero-order valence-corrected chi connectivity index (χ0v) is 22.5. The molecule has 0 saturated carbocycles. The van der Waals surface area contributed by atoms with E-state index in [0.29, 0.717) is 32.7 Å². The second-order valence-corrected chi connectivity index (χ2v) is 10.8. The Hall–Kier alpha value is -3.78. The van der Waals surface area contributed by atoms with Crippen molar-refractivity contribution in [2.24, 2.45) is 0 Å². The van der Waals surface area contributed by atoms with Gasteiger partial charge in [0.15, 0.2) is 11.6 Å². The van der Waals surface area contributed by atoms with Gasteiger partial charge in [0, 0.05) is 54.1 Å². The van der Waals surface area contributed by atoms with Crippen molar-refractivity contribution in [1.82, 2.24) is 4.98 Å². The number of aromatic amines is 1. The number of anilines is 3. The summed E-state index contributed by atoms with van der Waals surface area (Å²) >= 11 is 6.25. The fourth-order valence-electron chi connectivity index (χ4n) is 5.21.